The summed E-state index contributed by atoms with van der Waals surface area (Å²) in [6, 6.07) is 7.78. The Balaban J connectivity index is 2.14. The zero-order valence-electron chi connectivity index (χ0n) is 11.7. The van der Waals surface area contributed by atoms with E-state index in [1.54, 1.807) is 13.0 Å². The molecule has 0 aliphatic heterocycles. The summed E-state index contributed by atoms with van der Waals surface area (Å²) in [5, 5.41) is 6.65. The van der Waals surface area contributed by atoms with Gasteiger partial charge in [0, 0.05) is 6.07 Å². The third-order valence-electron chi connectivity index (χ3n) is 3.11. The largest absolute Gasteiger partial charge is 0.361 e. The molecular formula is C15H18N2O2. The summed E-state index contributed by atoms with van der Waals surface area (Å²) in [5.74, 6) is 0.412. The molecule has 4 heteroatoms. The minimum Gasteiger partial charge on any atom is -0.361 e. The van der Waals surface area contributed by atoms with Crippen molar-refractivity contribution in [2.75, 3.05) is 0 Å². The van der Waals surface area contributed by atoms with Gasteiger partial charge in [0.1, 0.15) is 5.76 Å². The molecule has 1 aromatic carbocycles. The molecule has 0 saturated carbocycles. The van der Waals surface area contributed by atoms with E-state index in [0.717, 1.165) is 11.1 Å². The molecule has 1 N–H and O–H groups in total. The van der Waals surface area contributed by atoms with Crippen LogP contribution in [-0.2, 0) is 0 Å². The Morgan fingerprint density at radius 2 is 2.00 bits per heavy atom. The molecule has 1 heterocycles. The first-order valence-corrected chi connectivity index (χ1v) is 6.28. The van der Waals surface area contributed by atoms with Crippen LogP contribution in [0.25, 0.3) is 0 Å². The predicted molar refractivity (Wildman–Crippen MR) is 73.0 cm³/mol. The molecule has 100 valence electrons. The molecule has 0 saturated heterocycles. The van der Waals surface area contributed by atoms with Crippen molar-refractivity contribution in [3.05, 3.63) is 52.4 Å². The van der Waals surface area contributed by atoms with Crippen LogP contribution >= 0.6 is 0 Å². The summed E-state index contributed by atoms with van der Waals surface area (Å²) in [5.41, 5.74) is 3.77. The fourth-order valence-electron chi connectivity index (χ4n) is 2.05. The molecule has 1 amide bonds. The number of aryl methyl sites for hydroxylation is 3. The van der Waals surface area contributed by atoms with Gasteiger partial charge in [0.2, 0.25) is 0 Å². The highest BCUT2D eigenvalue weighted by atomic mass is 16.5. The lowest BCUT2D eigenvalue weighted by molar-refractivity contribution is 0.0930. The average Bonchev–Trinajstić information content (AvgIpc) is 2.79. The van der Waals surface area contributed by atoms with Gasteiger partial charge in [0.05, 0.1) is 6.04 Å². The third-order valence-corrected chi connectivity index (χ3v) is 3.11. The summed E-state index contributed by atoms with van der Waals surface area (Å²) >= 11 is 0. The first-order chi connectivity index (χ1) is 8.97. The molecule has 1 aromatic heterocycles. The first-order valence-electron chi connectivity index (χ1n) is 6.28. The van der Waals surface area contributed by atoms with Gasteiger partial charge in [-0.2, -0.15) is 0 Å². The van der Waals surface area contributed by atoms with E-state index >= 15 is 0 Å². The Kier molecular flexibility index (Phi) is 3.69. The highest BCUT2D eigenvalue weighted by Gasteiger charge is 2.16. The molecule has 0 fully saturated rings. The summed E-state index contributed by atoms with van der Waals surface area (Å²) in [6.45, 7) is 7.81. The van der Waals surface area contributed by atoms with Crippen molar-refractivity contribution in [2.45, 2.75) is 33.7 Å². The van der Waals surface area contributed by atoms with Crippen LogP contribution in [0.3, 0.4) is 0 Å². The Labute approximate surface area is 112 Å². The molecule has 0 unspecified atom stereocenters. The van der Waals surface area contributed by atoms with E-state index in [-0.39, 0.29) is 11.9 Å². The van der Waals surface area contributed by atoms with Crippen LogP contribution in [0.2, 0.25) is 0 Å². The number of carbonyl (C=O) groups is 1. The minimum absolute atomic E-state index is 0.0654. The number of hydrogen-bond donors (Lipinski definition) is 1. The zero-order valence-corrected chi connectivity index (χ0v) is 11.7. The molecule has 2 aromatic rings. The molecule has 0 spiro atoms. The molecule has 0 aliphatic rings. The molecule has 0 radical (unpaired) electrons. The summed E-state index contributed by atoms with van der Waals surface area (Å²) < 4.78 is 4.90. The Morgan fingerprint density at radius 3 is 2.63 bits per heavy atom. The molecule has 1 atom stereocenters. The summed E-state index contributed by atoms with van der Waals surface area (Å²) in [4.78, 5) is 12.0. The van der Waals surface area contributed by atoms with Crippen molar-refractivity contribution in [3.63, 3.8) is 0 Å². The zero-order chi connectivity index (χ0) is 14.0. The maximum absolute atomic E-state index is 12.0. The standard InChI is InChI=1S/C15H18N2O2/c1-9-5-6-10(2)13(7-9)12(4)16-15(18)14-8-11(3)19-17-14/h5-8,12H,1-4H3,(H,16,18)/t12-/m1/s1. The van der Waals surface area contributed by atoms with E-state index in [2.05, 4.69) is 28.7 Å². The van der Waals surface area contributed by atoms with Crippen LogP contribution in [0, 0.1) is 20.8 Å². The van der Waals surface area contributed by atoms with Gasteiger partial charge in [-0.3, -0.25) is 4.79 Å². The number of carbonyl (C=O) groups excluding carboxylic acids is 1. The van der Waals surface area contributed by atoms with E-state index in [4.69, 9.17) is 4.52 Å². The number of amides is 1. The van der Waals surface area contributed by atoms with Gasteiger partial charge in [-0.1, -0.05) is 28.9 Å². The van der Waals surface area contributed by atoms with Crippen molar-refractivity contribution in [1.82, 2.24) is 10.5 Å². The molecular weight excluding hydrogens is 240 g/mol. The average molecular weight is 258 g/mol. The van der Waals surface area contributed by atoms with E-state index in [0.29, 0.717) is 11.5 Å². The summed E-state index contributed by atoms with van der Waals surface area (Å²) in [6.07, 6.45) is 0. The number of rotatable bonds is 3. The van der Waals surface area contributed by atoms with E-state index in [9.17, 15) is 4.79 Å². The van der Waals surface area contributed by atoms with E-state index in [1.807, 2.05) is 20.8 Å². The fourth-order valence-corrected chi connectivity index (χ4v) is 2.05. The minimum atomic E-state index is -0.217. The van der Waals surface area contributed by atoms with E-state index < -0.39 is 0 Å². The third kappa shape index (κ3) is 3.02. The SMILES string of the molecule is Cc1ccc(C)c([C@@H](C)NC(=O)c2cc(C)on2)c1. The maximum Gasteiger partial charge on any atom is 0.273 e. The normalized spacial score (nSPS) is 12.2. The van der Waals surface area contributed by atoms with Crippen LogP contribution in [0.15, 0.2) is 28.8 Å². The van der Waals surface area contributed by atoms with Crippen molar-refractivity contribution < 1.29 is 9.32 Å². The van der Waals surface area contributed by atoms with Gasteiger partial charge in [-0.25, -0.2) is 0 Å². The second-order valence-corrected chi connectivity index (χ2v) is 4.88. The predicted octanol–water partition coefficient (Wildman–Crippen LogP) is 3.09. The first kappa shape index (κ1) is 13.3. The number of aromatic nitrogens is 1. The van der Waals surface area contributed by atoms with Crippen LogP contribution in [0.5, 0.6) is 0 Å². The Morgan fingerprint density at radius 1 is 1.26 bits per heavy atom. The van der Waals surface area contributed by atoms with Gasteiger partial charge in [0.25, 0.3) is 5.91 Å². The van der Waals surface area contributed by atoms with Crippen molar-refractivity contribution in [1.29, 1.82) is 0 Å². The van der Waals surface area contributed by atoms with Crippen LogP contribution in [0.4, 0.5) is 0 Å². The molecule has 19 heavy (non-hydrogen) atoms. The lowest BCUT2D eigenvalue weighted by atomic mass is 10.00. The highest BCUT2D eigenvalue weighted by molar-refractivity contribution is 5.92. The lowest BCUT2D eigenvalue weighted by Gasteiger charge is -2.16. The topological polar surface area (TPSA) is 55.1 Å². The number of benzene rings is 1. The van der Waals surface area contributed by atoms with Gasteiger partial charge in [-0.05, 0) is 38.8 Å². The lowest BCUT2D eigenvalue weighted by Crippen LogP contribution is -2.27. The maximum atomic E-state index is 12.0. The molecule has 0 aliphatic carbocycles. The number of nitrogens with one attached hydrogen (secondary N) is 1. The summed E-state index contributed by atoms with van der Waals surface area (Å²) in [7, 11) is 0. The number of nitrogens with zero attached hydrogens (tertiary/aromatic N) is 1. The van der Waals surface area contributed by atoms with E-state index in [1.165, 1.54) is 5.56 Å². The highest BCUT2D eigenvalue weighted by Crippen LogP contribution is 2.19. The van der Waals surface area contributed by atoms with Gasteiger partial charge >= 0.3 is 0 Å². The van der Waals surface area contributed by atoms with Crippen LogP contribution in [-0.4, -0.2) is 11.1 Å². The quantitative estimate of drug-likeness (QED) is 0.920. The second kappa shape index (κ2) is 5.26. The molecule has 0 bridgehead atoms. The van der Waals surface area contributed by atoms with Crippen molar-refractivity contribution >= 4 is 5.91 Å². The van der Waals surface area contributed by atoms with Crippen LogP contribution in [0.1, 0.15) is 45.9 Å². The fraction of sp³-hybridized carbons (Fsp3) is 0.333. The number of hydrogen-bond acceptors (Lipinski definition) is 3. The molecule has 4 nitrogen and oxygen atoms in total. The Bertz CT molecular complexity index is 602. The van der Waals surface area contributed by atoms with Crippen LogP contribution < -0.4 is 5.32 Å². The van der Waals surface area contributed by atoms with Gasteiger partial charge in [0.15, 0.2) is 5.69 Å². The second-order valence-electron chi connectivity index (χ2n) is 4.88. The van der Waals surface area contributed by atoms with Gasteiger partial charge in [-0.15, -0.1) is 0 Å². The Hall–Kier alpha value is -2.10. The van der Waals surface area contributed by atoms with Crippen molar-refractivity contribution in [3.8, 4) is 0 Å². The van der Waals surface area contributed by atoms with Gasteiger partial charge < -0.3 is 9.84 Å². The smallest absolute Gasteiger partial charge is 0.273 e. The van der Waals surface area contributed by atoms with Crippen molar-refractivity contribution in [2.24, 2.45) is 0 Å². The monoisotopic (exact) mass is 258 g/mol. The molecule has 2 rings (SSSR count).